The van der Waals surface area contributed by atoms with Crippen molar-refractivity contribution in [3.63, 3.8) is 0 Å². The Kier molecular flexibility index (Phi) is 20.9. The topological polar surface area (TPSA) is 157 Å². The van der Waals surface area contributed by atoms with Gasteiger partial charge in [0, 0.05) is 38.2 Å². The summed E-state index contributed by atoms with van der Waals surface area (Å²) in [5, 5.41) is 2.67. The molecule has 0 bridgehead atoms. The number of hydrogen-bond donors (Lipinski definition) is 2. The average molecular weight is 520 g/mol. The van der Waals surface area contributed by atoms with Gasteiger partial charge in [0.25, 0.3) is 11.8 Å². The van der Waals surface area contributed by atoms with Crippen molar-refractivity contribution < 1.29 is 47.5 Å². The molecule has 208 valence electrons. The van der Waals surface area contributed by atoms with Gasteiger partial charge in [-0.1, -0.05) is 0 Å². The van der Waals surface area contributed by atoms with Crippen LogP contribution in [0.3, 0.4) is 0 Å². The molecule has 0 fully saturated rings. The third kappa shape index (κ3) is 18.3. The van der Waals surface area contributed by atoms with Crippen molar-refractivity contribution >= 4 is 17.7 Å². The van der Waals surface area contributed by atoms with E-state index in [2.05, 4.69) is 5.32 Å². The van der Waals surface area contributed by atoms with Crippen LogP contribution >= 0.6 is 0 Å². The first kappa shape index (κ1) is 32.1. The Balaban J connectivity index is 1.70. The first-order chi connectivity index (χ1) is 17.6. The molecule has 0 atom stereocenters. The molecule has 0 radical (unpaired) electrons. The van der Waals surface area contributed by atoms with Crippen LogP contribution in [0, 0.1) is 0 Å². The second-order valence-corrected chi connectivity index (χ2v) is 7.34. The van der Waals surface area contributed by atoms with E-state index in [9.17, 15) is 14.4 Å². The van der Waals surface area contributed by atoms with Crippen LogP contribution in [0.4, 0.5) is 0 Å². The molecule has 1 rings (SSSR count). The normalized spacial score (nSPS) is 13.2. The van der Waals surface area contributed by atoms with Crippen LogP contribution in [0.2, 0.25) is 0 Å². The summed E-state index contributed by atoms with van der Waals surface area (Å²) in [6.45, 7) is 7.57. The molecule has 0 unspecified atom stereocenters. The van der Waals surface area contributed by atoms with Crippen molar-refractivity contribution in [1.29, 1.82) is 0 Å². The largest absolute Gasteiger partial charge is 0.378 e. The minimum absolute atomic E-state index is 0.0591. The summed E-state index contributed by atoms with van der Waals surface area (Å²) >= 11 is 0. The number of hydrogen-bond acceptors (Lipinski definition) is 11. The molecule has 0 aromatic rings. The van der Waals surface area contributed by atoms with E-state index in [-0.39, 0.29) is 18.9 Å². The summed E-state index contributed by atoms with van der Waals surface area (Å²) in [6, 6.07) is 0. The van der Waals surface area contributed by atoms with Crippen molar-refractivity contribution in [3.8, 4) is 0 Å². The summed E-state index contributed by atoms with van der Waals surface area (Å²) in [6.07, 6.45) is 2.45. The maximum atomic E-state index is 11.7. The van der Waals surface area contributed by atoms with Crippen LogP contribution in [0.5, 0.6) is 0 Å². The van der Waals surface area contributed by atoms with Crippen LogP contribution in [0.15, 0.2) is 12.2 Å². The molecule has 0 spiro atoms. The molecule has 3 amide bonds. The monoisotopic (exact) mass is 519 g/mol. The predicted molar refractivity (Wildman–Crippen MR) is 128 cm³/mol. The highest BCUT2D eigenvalue weighted by Crippen LogP contribution is 2.03. The number of carbonyl (C=O) groups is 3. The van der Waals surface area contributed by atoms with Gasteiger partial charge < -0.3 is 44.2 Å². The van der Waals surface area contributed by atoms with Gasteiger partial charge in [-0.05, 0) is 0 Å². The van der Waals surface area contributed by atoms with E-state index < -0.39 is 11.8 Å². The van der Waals surface area contributed by atoms with E-state index in [0.717, 1.165) is 4.90 Å². The first-order valence-electron chi connectivity index (χ1n) is 12.2. The molecule has 1 aliphatic rings. The van der Waals surface area contributed by atoms with E-state index in [1.807, 2.05) is 0 Å². The zero-order valence-electron chi connectivity index (χ0n) is 21.0. The molecule has 3 N–H and O–H groups in total. The Morgan fingerprint density at radius 3 is 1.39 bits per heavy atom. The van der Waals surface area contributed by atoms with Gasteiger partial charge in [0.15, 0.2) is 0 Å². The molecule has 1 aliphatic heterocycles. The van der Waals surface area contributed by atoms with Crippen molar-refractivity contribution in [3.05, 3.63) is 12.2 Å². The quantitative estimate of drug-likeness (QED) is 0.101. The van der Waals surface area contributed by atoms with E-state index in [1.54, 1.807) is 0 Å². The predicted octanol–water partition coefficient (Wildman–Crippen LogP) is -1.51. The number of rotatable bonds is 26. The molecule has 13 heteroatoms. The standard InChI is InChI=1S/C23H41N3O10/c24-4-7-30-9-11-32-13-15-34-17-19-36-20-18-35-16-14-33-12-10-31-8-5-25-21(27)3-6-26-22(28)1-2-23(26)29/h1-2H,3-20,24H2,(H,25,27). The number of nitrogens with zero attached hydrogens (tertiary/aromatic N) is 1. The minimum atomic E-state index is -0.393. The molecule has 1 heterocycles. The number of nitrogens with one attached hydrogen (secondary N) is 1. The number of carbonyl (C=O) groups excluding carboxylic acids is 3. The Labute approximate surface area is 212 Å². The van der Waals surface area contributed by atoms with Gasteiger partial charge >= 0.3 is 0 Å². The molecule has 0 saturated heterocycles. The Morgan fingerprint density at radius 2 is 1.00 bits per heavy atom. The molecule has 13 nitrogen and oxygen atoms in total. The molecule has 0 aromatic heterocycles. The third-order valence-electron chi connectivity index (χ3n) is 4.53. The van der Waals surface area contributed by atoms with Crippen LogP contribution in [0.1, 0.15) is 6.42 Å². The molecular formula is C23H41N3O10. The summed E-state index contributed by atoms with van der Waals surface area (Å²) in [4.78, 5) is 35.5. The van der Waals surface area contributed by atoms with Gasteiger partial charge in [-0.3, -0.25) is 19.3 Å². The number of amides is 3. The minimum Gasteiger partial charge on any atom is -0.378 e. The van der Waals surface area contributed by atoms with Gasteiger partial charge in [0.1, 0.15) is 0 Å². The first-order valence-corrected chi connectivity index (χ1v) is 12.2. The maximum Gasteiger partial charge on any atom is 0.253 e. The summed E-state index contributed by atoms with van der Waals surface area (Å²) in [7, 11) is 0. The molecular weight excluding hydrogens is 478 g/mol. The fourth-order valence-corrected chi connectivity index (χ4v) is 2.72. The SMILES string of the molecule is NCCOCCOCCOCCOCCOCCOCCOCCNC(=O)CCN1C(=O)C=CC1=O. The lowest BCUT2D eigenvalue weighted by Crippen LogP contribution is -2.35. The Bertz CT molecular complexity index is 603. The van der Waals surface area contributed by atoms with Gasteiger partial charge in [-0.2, -0.15) is 0 Å². The molecule has 0 saturated carbocycles. The lowest BCUT2D eigenvalue weighted by Gasteiger charge is -2.13. The fourth-order valence-electron chi connectivity index (χ4n) is 2.72. The second-order valence-electron chi connectivity index (χ2n) is 7.34. The Morgan fingerprint density at radius 1 is 0.639 bits per heavy atom. The van der Waals surface area contributed by atoms with E-state index >= 15 is 0 Å². The molecule has 36 heavy (non-hydrogen) atoms. The van der Waals surface area contributed by atoms with Crippen LogP contribution in [-0.4, -0.2) is 135 Å². The average Bonchev–Trinajstić information content (AvgIpc) is 3.20. The van der Waals surface area contributed by atoms with E-state index in [0.29, 0.717) is 106 Å². The number of ether oxygens (including phenoxy) is 7. The van der Waals surface area contributed by atoms with Gasteiger partial charge in [0.2, 0.25) is 5.91 Å². The van der Waals surface area contributed by atoms with Crippen molar-refractivity contribution in [1.82, 2.24) is 10.2 Å². The number of imide groups is 1. The Hall–Kier alpha value is -1.97. The lowest BCUT2D eigenvalue weighted by molar-refractivity contribution is -0.137. The van der Waals surface area contributed by atoms with Gasteiger partial charge in [-0.15, -0.1) is 0 Å². The van der Waals surface area contributed by atoms with Crippen molar-refractivity contribution in [2.24, 2.45) is 5.73 Å². The highest BCUT2D eigenvalue weighted by molar-refractivity contribution is 6.13. The van der Waals surface area contributed by atoms with E-state index in [4.69, 9.17) is 38.9 Å². The van der Waals surface area contributed by atoms with Crippen LogP contribution in [0.25, 0.3) is 0 Å². The zero-order chi connectivity index (χ0) is 26.1. The van der Waals surface area contributed by atoms with Gasteiger partial charge in [-0.25, -0.2) is 0 Å². The van der Waals surface area contributed by atoms with Crippen LogP contribution < -0.4 is 11.1 Å². The summed E-state index contributed by atoms with van der Waals surface area (Å²) < 4.78 is 37.5. The fraction of sp³-hybridized carbons (Fsp3) is 0.783. The lowest BCUT2D eigenvalue weighted by atomic mass is 10.3. The van der Waals surface area contributed by atoms with Gasteiger partial charge in [0.05, 0.1) is 92.5 Å². The van der Waals surface area contributed by atoms with Crippen molar-refractivity contribution in [2.75, 3.05) is 112 Å². The highest BCUT2D eigenvalue weighted by Gasteiger charge is 2.23. The molecule has 0 aromatic carbocycles. The second kappa shape index (κ2) is 23.4. The third-order valence-corrected chi connectivity index (χ3v) is 4.53. The highest BCUT2D eigenvalue weighted by atomic mass is 16.6. The summed E-state index contributed by atoms with van der Waals surface area (Å²) in [5.41, 5.74) is 5.31. The van der Waals surface area contributed by atoms with E-state index in [1.165, 1.54) is 12.2 Å². The summed E-state index contributed by atoms with van der Waals surface area (Å²) in [5.74, 6) is -1.03. The van der Waals surface area contributed by atoms with Crippen LogP contribution in [-0.2, 0) is 47.5 Å². The zero-order valence-corrected chi connectivity index (χ0v) is 21.0. The number of nitrogens with two attached hydrogens (primary N) is 1. The smallest absolute Gasteiger partial charge is 0.253 e. The van der Waals surface area contributed by atoms with Crippen molar-refractivity contribution in [2.45, 2.75) is 6.42 Å². The molecule has 0 aliphatic carbocycles. The maximum absolute atomic E-state index is 11.7.